The first kappa shape index (κ1) is 19.9. The number of carbonyl (C=O) groups excluding carboxylic acids is 1. The number of carbonyl (C=O) groups is 1. The summed E-state index contributed by atoms with van der Waals surface area (Å²) in [7, 11) is 1.38. The van der Waals surface area contributed by atoms with Gasteiger partial charge in [0.15, 0.2) is 6.29 Å². The lowest BCUT2D eigenvalue weighted by molar-refractivity contribution is -0.140. The standard InChI is InChI=1S/C21H31ClO4/c1-12(2)7-6-10-20(3)14-9-8-13(18(23)25-5)17-19(24)26-16(11-15(20)22)21(14,17)4/h8,14-17,19,24H,1,6-7,9-11H2,2-5H3/t14-,15-,16-,17-,19-,20-,21+/m0/s1. The summed E-state index contributed by atoms with van der Waals surface area (Å²) in [6.45, 7) is 10.5. The lowest BCUT2D eigenvalue weighted by atomic mass is 9.47. The van der Waals surface area contributed by atoms with E-state index >= 15 is 0 Å². The van der Waals surface area contributed by atoms with Crippen LogP contribution in [0.4, 0.5) is 0 Å². The maximum Gasteiger partial charge on any atom is 0.333 e. The van der Waals surface area contributed by atoms with E-state index in [2.05, 4.69) is 27.4 Å². The Morgan fingerprint density at radius 2 is 2.19 bits per heavy atom. The lowest BCUT2D eigenvalue weighted by Crippen LogP contribution is -2.58. The van der Waals surface area contributed by atoms with E-state index < -0.39 is 6.29 Å². The molecule has 0 aromatic carbocycles. The number of alkyl halides is 1. The first-order valence-electron chi connectivity index (χ1n) is 9.56. The van der Waals surface area contributed by atoms with E-state index in [4.69, 9.17) is 21.1 Å². The number of aliphatic hydroxyl groups is 1. The maximum absolute atomic E-state index is 12.3. The van der Waals surface area contributed by atoms with Crippen LogP contribution in [0.25, 0.3) is 0 Å². The van der Waals surface area contributed by atoms with Crippen LogP contribution in [-0.4, -0.2) is 36.0 Å². The van der Waals surface area contributed by atoms with Crippen molar-refractivity contribution < 1.29 is 19.4 Å². The van der Waals surface area contributed by atoms with Gasteiger partial charge in [0, 0.05) is 22.3 Å². The first-order valence-corrected chi connectivity index (χ1v) is 10.00. The molecule has 3 aliphatic rings. The summed E-state index contributed by atoms with van der Waals surface area (Å²) in [6, 6.07) is 0. The van der Waals surface area contributed by atoms with E-state index in [1.165, 1.54) is 12.7 Å². The van der Waals surface area contributed by atoms with Crippen molar-refractivity contribution in [3.8, 4) is 0 Å². The molecule has 26 heavy (non-hydrogen) atoms. The molecule has 0 spiro atoms. The molecule has 5 heteroatoms. The number of hydrogen-bond donors (Lipinski definition) is 1. The van der Waals surface area contributed by atoms with Gasteiger partial charge in [-0.25, -0.2) is 4.79 Å². The highest BCUT2D eigenvalue weighted by atomic mass is 35.5. The van der Waals surface area contributed by atoms with Crippen molar-refractivity contribution in [3.05, 3.63) is 23.8 Å². The zero-order valence-electron chi connectivity index (χ0n) is 16.3. The van der Waals surface area contributed by atoms with Gasteiger partial charge in [0.05, 0.1) is 13.2 Å². The smallest absolute Gasteiger partial charge is 0.333 e. The molecular formula is C21H31ClO4. The average Bonchev–Trinajstić information content (AvgIpc) is 2.83. The Morgan fingerprint density at radius 3 is 2.81 bits per heavy atom. The molecule has 0 bridgehead atoms. The van der Waals surface area contributed by atoms with Crippen molar-refractivity contribution in [1.82, 2.24) is 0 Å². The monoisotopic (exact) mass is 382 g/mol. The summed E-state index contributed by atoms with van der Waals surface area (Å²) in [4.78, 5) is 12.3. The first-order chi connectivity index (χ1) is 12.2. The largest absolute Gasteiger partial charge is 0.466 e. The molecule has 1 N–H and O–H groups in total. The Labute approximate surface area is 161 Å². The Morgan fingerprint density at radius 1 is 1.50 bits per heavy atom. The minimum atomic E-state index is -0.986. The van der Waals surface area contributed by atoms with Gasteiger partial charge in [-0.2, -0.15) is 0 Å². The quantitative estimate of drug-likeness (QED) is 0.439. The minimum Gasteiger partial charge on any atom is -0.466 e. The second-order valence-electron chi connectivity index (χ2n) is 8.82. The van der Waals surface area contributed by atoms with Gasteiger partial charge in [-0.05, 0) is 50.4 Å². The molecule has 1 heterocycles. The predicted molar refractivity (Wildman–Crippen MR) is 102 cm³/mol. The fraction of sp³-hybridized carbons (Fsp3) is 0.762. The summed E-state index contributed by atoms with van der Waals surface area (Å²) in [5.41, 5.74) is 1.35. The SMILES string of the molecule is C=C(C)CCC[C@]1(C)[C@@H](Cl)C[C@@H]2O[C@H](O)[C@@H]3C(C(=O)OC)=CC[C@@H]1[C@]23C. The fourth-order valence-electron chi connectivity index (χ4n) is 5.85. The van der Waals surface area contributed by atoms with E-state index in [0.29, 0.717) is 12.0 Å². The number of aliphatic hydroxyl groups excluding tert-OH is 1. The highest BCUT2D eigenvalue weighted by Crippen LogP contribution is 2.66. The molecule has 1 saturated carbocycles. The summed E-state index contributed by atoms with van der Waals surface area (Å²) < 4.78 is 10.9. The van der Waals surface area contributed by atoms with Crippen LogP contribution in [0.2, 0.25) is 0 Å². The number of ether oxygens (including phenoxy) is 2. The molecule has 0 amide bonds. The fourth-order valence-corrected chi connectivity index (χ4v) is 6.27. The summed E-state index contributed by atoms with van der Waals surface area (Å²) in [6.07, 6.45) is 5.33. The Hall–Kier alpha value is -0.840. The second-order valence-corrected chi connectivity index (χ2v) is 9.34. The number of hydrogen-bond acceptors (Lipinski definition) is 4. The summed E-state index contributed by atoms with van der Waals surface area (Å²) >= 11 is 6.89. The zero-order chi connectivity index (χ0) is 19.3. The summed E-state index contributed by atoms with van der Waals surface area (Å²) in [5.74, 6) is -0.477. The van der Waals surface area contributed by atoms with Gasteiger partial charge in [-0.3, -0.25) is 0 Å². The molecule has 4 nitrogen and oxygen atoms in total. The van der Waals surface area contributed by atoms with Crippen molar-refractivity contribution in [2.75, 3.05) is 7.11 Å². The van der Waals surface area contributed by atoms with Crippen LogP contribution in [0.3, 0.4) is 0 Å². The third-order valence-electron chi connectivity index (χ3n) is 7.28. The number of halogens is 1. The highest BCUT2D eigenvalue weighted by molar-refractivity contribution is 6.21. The average molecular weight is 383 g/mol. The zero-order valence-corrected chi connectivity index (χ0v) is 17.0. The van der Waals surface area contributed by atoms with E-state index in [0.717, 1.165) is 25.7 Å². The molecule has 3 rings (SSSR count). The molecule has 0 unspecified atom stereocenters. The molecule has 0 aromatic rings. The van der Waals surface area contributed by atoms with Gasteiger partial charge < -0.3 is 14.6 Å². The molecule has 1 aliphatic heterocycles. The van der Waals surface area contributed by atoms with E-state index in [-0.39, 0.29) is 40.1 Å². The molecule has 2 aliphatic carbocycles. The topological polar surface area (TPSA) is 55.8 Å². The van der Waals surface area contributed by atoms with Crippen LogP contribution in [0.1, 0.15) is 52.9 Å². The van der Waals surface area contributed by atoms with E-state index in [1.54, 1.807) is 0 Å². The van der Waals surface area contributed by atoms with Crippen molar-refractivity contribution in [1.29, 1.82) is 0 Å². The minimum absolute atomic E-state index is 0.0188. The van der Waals surface area contributed by atoms with Crippen molar-refractivity contribution in [3.63, 3.8) is 0 Å². The Balaban J connectivity index is 1.98. The molecule has 7 atom stereocenters. The van der Waals surface area contributed by atoms with Crippen molar-refractivity contribution >= 4 is 17.6 Å². The van der Waals surface area contributed by atoms with Crippen LogP contribution in [-0.2, 0) is 14.3 Å². The van der Waals surface area contributed by atoms with E-state index in [1.807, 2.05) is 6.08 Å². The normalized spacial score (nSPS) is 44.2. The van der Waals surface area contributed by atoms with E-state index in [9.17, 15) is 9.90 Å². The van der Waals surface area contributed by atoms with Crippen LogP contribution < -0.4 is 0 Å². The summed E-state index contributed by atoms with van der Waals surface area (Å²) in [5, 5.41) is 10.6. The molecule has 1 saturated heterocycles. The number of esters is 1. The number of rotatable bonds is 5. The van der Waals surface area contributed by atoms with Crippen molar-refractivity contribution in [2.45, 2.75) is 70.6 Å². The third kappa shape index (κ3) is 2.85. The van der Waals surface area contributed by atoms with Gasteiger partial charge in [-0.15, -0.1) is 18.2 Å². The third-order valence-corrected chi connectivity index (χ3v) is 7.96. The molecule has 0 radical (unpaired) electrons. The van der Waals surface area contributed by atoms with Gasteiger partial charge >= 0.3 is 5.97 Å². The Bertz CT molecular complexity index is 630. The van der Waals surface area contributed by atoms with Gasteiger partial charge in [-0.1, -0.05) is 25.5 Å². The number of allylic oxidation sites excluding steroid dienone is 2. The maximum atomic E-state index is 12.3. The second kappa shape index (κ2) is 6.96. The van der Waals surface area contributed by atoms with Crippen LogP contribution in [0, 0.1) is 22.7 Å². The number of methoxy groups -OCH3 is 1. The van der Waals surface area contributed by atoms with Gasteiger partial charge in [0.2, 0.25) is 0 Å². The highest BCUT2D eigenvalue weighted by Gasteiger charge is 2.67. The molecule has 146 valence electrons. The van der Waals surface area contributed by atoms with Gasteiger partial charge in [0.1, 0.15) is 0 Å². The van der Waals surface area contributed by atoms with Crippen LogP contribution >= 0.6 is 11.6 Å². The predicted octanol–water partition coefficient (Wildman–Crippen LogP) is 4.21. The lowest BCUT2D eigenvalue weighted by Gasteiger charge is -2.58. The molecule has 0 aromatic heterocycles. The molecule has 2 fully saturated rings. The van der Waals surface area contributed by atoms with Gasteiger partial charge in [0.25, 0.3) is 0 Å². The Kier molecular flexibility index (Phi) is 5.33. The molecular weight excluding hydrogens is 352 g/mol. The van der Waals surface area contributed by atoms with Crippen LogP contribution in [0.15, 0.2) is 23.8 Å². The van der Waals surface area contributed by atoms with Crippen molar-refractivity contribution in [2.24, 2.45) is 22.7 Å². The van der Waals surface area contributed by atoms with Crippen LogP contribution in [0.5, 0.6) is 0 Å².